The Labute approximate surface area is 143 Å². The first-order valence-electron chi connectivity index (χ1n) is 8.77. The van der Waals surface area contributed by atoms with Gasteiger partial charge in [-0.2, -0.15) is 0 Å². The highest BCUT2D eigenvalue weighted by molar-refractivity contribution is 6.05. The summed E-state index contributed by atoms with van der Waals surface area (Å²) in [6, 6.07) is 0. The van der Waals surface area contributed by atoms with E-state index in [1.54, 1.807) is 19.9 Å². The number of carbonyl (C=O) groups excluding carboxylic acids is 3. The Balaban J connectivity index is 2.31. The molecule has 2 rings (SSSR count). The van der Waals surface area contributed by atoms with Crippen molar-refractivity contribution in [1.29, 1.82) is 0 Å². The standard InChI is InChI=1S/C19H28O5/c1-6-23-15(20)11-12(17(22)24-7-2)10-13-14-8-9-19(5,16(13)21)18(14,3)4/h10,12,14H,6-9,11H2,1-5H3/b13-10+/t12-,14+,19-/m1/s1. The number of rotatable bonds is 6. The van der Waals surface area contributed by atoms with E-state index in [1.807, 2.05) is 6.92 Å². The van der Waals surface area contributed by atoms with Crippen LogP contribution in [0.15, 0.2) is 11.6 Å². The summed E-state index contributed by atoms with van der Waals surface area (Å²) in [5.74, 6) is -1.44. The summed E-state index contributed by atoms with van der Waals surface area (Å²) in [5, 5.41) is 0. The van der Waals surface area contributed by atoms with Gasteiger partial charge in [0.25, 0.3) is 0 Å². The predicted octanol–water partition coefficient (Wildman–Crippen LogP) is 3.07. The van der Waals surface area contributed by atoms with Crippen molar-refractivity contribution in [2.75, 3.05) is 13.2 Å². The lowest BCUT2D eigenvalue weighted by molar-refractivity contribution is -0.153. The maximum Gasteiger partial charge on any atom is 0.313 e. The first kappa shape index (κ1) is 18.7. The molecule has 2 aliphatic carbocycles. The van der Waals surface area contributed by atoms with Gasteiger partial charge in [0, 0.05) is 5.41 Å². The molecule has 2 fully saturated rings. The Morgan fingerprint density at radius 3 is 2.33 bits per heavy atom. The molecule has 2 aliphatic rings. The molecule has 2 saturated carbocycles. The molecule has 0 amide bonds. The second kappa shape index (κ2) is 6.69. The maximum atomic E-state index is 12.9. The van der Waals surface area contributed by atoms with Gasteiger partial charge in [-0.25, -0.2) is 0 Å². The molecule has 0 aromatic heterocycles. The molecule has 0 heterocycles. The van der Waals surface area contributed by atoms with Crippen LogP contribution in [0.4, 0.5) is 0 Å². The highest BCUT2D eigenvalue weighted by Gasteiger charge is 2.64. The topological polar surface area (TPSA) is 69.7 Å². The molecule has 2 bridgehead atoms. The second-order valence-electron chi connectivity index (χ2n) is 7.46. The van der Waals surface area contributed by atoms with Gasteiger partial charge in [0.2, 0.25) is 0 Å². The van der Waals surface area contributed by atoms with Crippen molar-refractivity contribution < 1.29 is 23.9 Å². The Hall–Kier alpha value is -1.65. The summed E-state index contributed by atoms with van der Waals surface area (Å²) >= 11 is 0. The third kappa shape index (κ3) is 2.89. The van der Waals surface area contributed by atoms with Gasteiger partial charge in [-0.1, -0.05) is 26.8 Å². The largest absolute Gasteiger partial charge is 0.466 e. The molecule has 0 aliphatic heterocycles. The molecule has 3 atom stereocenters. The number of carbonyl (C=O) groups is 3. The summed E-state index contributed by atoms with van der Waals surface area (Å²) in [4.78, 5) is 37.0. The van der Waals surface area contributed by atoms with Gasteiger partial charge in [-0.05, 0) is 43.6 Å². The van der Waals surface area contributed by atoms with Gasteiger partial charge in [-0.15, -0.1) is 0 Å². The van der Waals surface area contributed by atoms with Crippen molar-refractivity contribution in [2.45, 2.75) is 53.9 Å². The molecule has 0 aromatic rings. The number of hydrogen-bond acceptors (Lipinski definition) is 5. The Morgan fingerprint density at radius 1 is 1.21 bits per heavy atom. The third-order valence-electron chi connectivity index (χ3n) is 6.03. The van der Waals surface area contributed by atoms with Crippen molar-refractivity contribution in [3.63, 3.8) is 0 Å². The monoisotopic (exact) mass is 336 g/mol. The van der Waals surface area contributed by atoms with Gasteiger partial charge in [0.05, 0.1) is 25.6 Å². The third-order valence-corrected chi connectivity index (χ3v) is 6.03. The van der Waals surface area contributed by atoms with Gasteiger partial charge < -0.3 is 9.47 Å². The van der Waals surface area contributed by atoms with Crippen LogP contribution in [0.25, 0.3) is 0 Å². The Kier molecular flexibility index (Phi) is 5.21. The number of allylic oxidation sites excluding steroid dienone is 1. The van der Waals surface area contributed by atoms with Crippen molar-refractivity contribution >= 4 is 17.7 Å². The van der Waals surface area contributed by atoms with E-state index in [1.165, 1.54) is 0 Å². The fraction of sp³-hybridized carbons (Fsp3) is 0.737. The van der Waals surface area contributed by atoms with E-state index in [4.69, 9.17) is 9.47 Å². The minimum Gasteiger partial charge on any atom is -0.466 e. The molecule has 5 heteroatoms. The lowest BCUT2D eigenvalue weighted by Gasteiger charge is -2.31. The Bertz CT molecular complexity index is 574. The predicted molar refractivity (Wildman–Crippen MR) is 89.1 cm³/mol. The van der Waals surface area contributed by atoms with E-state index in [2.05, 4.69) is 13.8 Å². The van der Waals surface area contributed by atoms with Crippen LogP contribution in [0.2, 0.25) is 0 Å². The summed E-state index contributed by atoms with van der Waals surface area (Å²) in [6.07, 6.45) is 3.40. The smallest absolute Gasteiger partial charge is 0.313 e. The molecule has 0 aromatic carbocycles. The van der Waals surface area contributed by atoms with Crippen LogP contribution < -0.4 is 0 Å². The summed E-state index contributed by atoms with van der Waals surface area (Å²) in [5.41, 5.74) is 0.183. The zero-order valence-corrected chi connectivity index (χ0v) is 15.3. The van der Waals surface area contributed by atoms with Crippen LogP contribution in [-0.4, -0.2) is 30.9 Å². The first-order chi connectivity index (χ1) is 11.2. The van der Waals surface area contributed by atoms with E-state index in [-0.39, 0.29) is 42.2 Å². The quantitative estimate of drug-likeness (QED) is 0.551. The van der Waals surface area contributed by atoms with Gasteiger partial charge >= 0.3 is 11.9 Å². The number of ether oxygens (including phenoxy) is 2. The molecule has 0 unspecified atom stereocenters. The van der Waals surface area contributed by atoms with Gasteiger partial charge in [-0.3, -0.25) is 14.4 Å². The summed E-state index contributed by atoms with van der Waals surface area (Å²) in [7, 11) is 0. The van der Waals surface area contributed by atoms with Crippen molar-refractivity contribution in [3.05, 3.63) is 11.6 Å². The van der Waals surface area contributed by atoms with Crippen molar-refractivity contribution in [3.8, 4) is 0 Å². The number of fused-ring (bicyclic) bond motifs is 2. The first-order valence-corrected chi connectivity index (χ1v) is 8.77. The van der Waals surface area contributed by atoms with Crippen molar-refractivity contribution in [1.82, 2.24) is 0 Å². The van der Waals surface area contributed by atoms with Crippen LogP contribution >= 0.6 is 0 Å². The van der Waals surface area contributed by atoms with Crippen molar-refractivity contribution in [2.24, 2.45) is 22.7 Å². The van der Waals surface area contributed by atoms with Crippen LogP contribution in [0.3, 0.4) is 0 Å². The number of Topliss-reactive ketones (excluding diaryl/α,β-unsaturated/α-hetero) is 1. The highest BCUT2D eigenvalue weighted by Crippen LogP contribution is 2.65. The second-order valence-corrected chi connectivity index (χ2v) is 7.46. The van der Waals surface area contributed by atoms with E-state index >= 15 is 0 Å². The molecule has 134 valence electrons. The fourth-order valence-electron chi connectivity index (χ4n) is 4.20. The molecule has 0 saturated heterocycles. The minimum atomic E-state index is -0.762. The molecular formula is C19H28O5. The SMILES string of the molecule is CCOC(=O)C[C@@H](/C=C1/C(=O)[C@@]2(C)CC[C@@H]1C2(C)C)C(=O)OCC. The number of esters is 2. The van der Waals surface area contributed by atoms with Crippen LogP contribution in [-0.2, 0) is 23.9 Å². The zero-order valence-electron chi connectivity index (χ0n) is 15.3. The highest BCUT2D eigenvalue weighted by atomic mass is 16.5. The van der Waals surface area contributed by atoms with Crippen LogP contribution in [0.1, 0.15) is 53.9 Å². The Morgan fingerprint density at radius 2 is 1.83 bits per heavy atom. The fourth-order valence-corrected chi connectivity index (χ4v) is 4.20. The summed E-state index contributed by atoms with van der Waals surface area (Å²) < 4.78 is 10.0. The van der Waals surface area contributed by atoms with Crippen LogP contribution in [0.5, 0.6) is 0 Å². The molecule has 0 N–H and O–H groups in total. The van der Waals surface area contributed by atoms with Gasteiger partial charge in [0.15, 0.2) is 5.78 Å². The number of hydrogen-bond donors (Lipinski definition) is 0. The molecule has 0 radical (unpaired) electrons. The van der Waals surface area contributed by atoms with E-state index in [9.17, 15) is 14.4 Å². The van der Waals surface area contributed by atoms with E-state index < -0.39 is 17.9 Å². The summed E-state index contributed by atoms with van der Waals surface area (Å²) in [6.45, 7) is 10.2. The van der Waals surface area contributed by atoms with E-state index in [0.717, 1.165) is 12.8 Å². The lowest BCUT2D eigenvalue weighted by Crippen LogP contribution is -2.32. The normalized spacial score (nSPS) is 30.5. The molecular weight excluding hydrogens is 308 g/mol. The number of ketones is 1. The lowest BCUT2D eigenvalue weighted by atomic mass is 9.70. The molecule has 24 heavy (non-hydrogen) atoms. The molecule has 5 nitrogen and oxygen atoms in total. The zero-order chi connectivity index (χ0) is 18.1. The van der Waals surface area contributed by atoms with Crippen LogP contribution in [0, 0.1) is 22.7 Å². The average Bonchev–Trinajstić information content (AvgIpc) is 2.81. The average molecular weight is 336 g/mol. The van der Waals surface area contributed by atoms with Gasteiger partial charge in [0.1, 0.15) is 0 Å². The minimum absolute atomic E-state index is 0.0900. The maximum absolute atomic E-state index is 12.9. The molecule has 0 spiro atoms. The van der Waals surface area contributed by atoms with E-state index in [0.29, 0.717) is 5.57 Å².